The summed E-state index contributed by atoms with van der Waals surface area (Å²) in [5, 5.41) is 19.9. The quantitative estimate of drug-likeness (QED) is 0.483. The van der Waals surface area contributed by atoms with E-state index in [9.17, 15) is 4.79 Å². The minimum atomic E-state index is -0.153. The Balaban J connectivity index is 1.66. The molecule has 2 aromatic heterocycles. The zero-order valence-electron chi connectivity index (χ0n) is 13.3. The molecular formula is C16H16N6OS2. The van der Waals surface area contributed by atoms with Gasteiger partial charge in [-0.1, -0.05) is 59.5 Å². The van der Waals surface area contributed by atoms with Crippen LogP contribution in [0.2, 0.25) is 0 Å². The predicted octanol–water partition coefficient (Wildman–Crippen LogP) is 2.64. The van der Waals surface area contributed by atoms with E-state index in [1.54, 1.807) is 11.6 Å². The topological polar surface area (TPSA) is 85.6 Å². The predicted molar refractivity (Wildman–Crippen MR) is 98.7 cm³/mol. The molecule has 0 aliphatic carbocycles. The van der Waals surface area contributed by atoms with Gasteiger partial charge in [0, 0.05) is 13.0 Å². The van der Waals surface area contributed by atoms with Crippen LogP contribution in [-0.4, -0.2) is 36.6 Å². The molecule has 0 aliphatic rings. The summed E-state index contributed by atoms with van der Waals surface area (Å²) in [6.45, 7) is 4.38. The number of amides is 1. The van der Waals surface area contributed by atoms with Gasteiger partial charge < -0.3 is 4.57 Å². The molecule has 9 heteroatoms. The SMILES string of the molecule is C=CCn1c(Cc2ccccc2)nnc1SCC(=O)Nc1nncs1. The lowest BCUT2D eigenvalue weighted by Gasteiger charge is -2.07. The summed E-state index contributed by atoms with van der Waals surface area (Å²) < 4.78 is 1.98. The normalized spacial score (nSPS) is 10.6. The second-order valence-electron chi connectivity index (χ2n) is 5.04. The third kappa shape index (κ3) is 4.74. The second kappa shape index (κ2) is 8.54. The number of hydrogen-bond acceptors (Lipinski definition) is 7. The maximum atomic E-state index is 12.0. The molecule has 1 amide bonds. The van der Waals surface area contributed by atoms with E-state index in [0.29, 0.717) is 23.3 Å². The number of carbonyl (C=O) groups is 1. The van der Waals surface area contributed by atoms with E-state index >= 15 is 0 Å². The third-order valence-corrected chi connectivity index (χ3v) is 4.82. The van der Waals surface area contributed by atoms with Gasteiger partial charge in [-0.2, -0.15) is 0 Å². The van der Waals surface area contributed by atoms with E-state index in [1.165, 1.54) is 23.1 Å². The van der Waals surface area contributed by atoms with Gasteiger partial charge in [-0.05, 0) is 5.56 Å². The van der Waals surface area contributed by atoms with Gasteiger partial charge in [0.25, 0.3) is 0 Å². The largest absolute Gasteiger partial charge is 0.302 e. The average Bonchev–Trinajstić information content (AvgIpc) is 3.25. The number of hydrogen-bond donors (Lipinski definition) is 1. The fourth-order valence-electron chi connectivity index (χ4n) is 2.16. The minimum Gasteiger partial charge on any atom is -0.302 e. The lowest BCUT2D eigenvalue weighted by Crippen LogP contribution is -2.14. The Bertz CT molecular complexity index is 832. The summed E-state index contributed by atoms with van der Waals surface area (Å²) in [5.41, 5.74) is 2.73. The first-order valence-corrected chi connectivity index (χ1v) is 9.38. The highest BCUT2D eigenvalue weighted by molar-refractivity contribution is 7.99. The maximum absolute atomic E-state index is 12.0. The van der Waals surface area contributed by atoms with E-state index in [2.05, 4.69) is 44.4 Å². The van der Waals surface area contributed by atoms with Crippen molar-refractivity contribution >= 4 is 34.1 Å². The molecule has 3 aromatic rings. The molecule has 0 saturated heterocycles. The van der Waals surface area contributed by atoms with Crippen molar-refractivity contribution in [3.63, 3.8) is 0 Å². The van der Waals surface area contributed by atoms with Crippen LogP contribution in [-0.2, 0) is 17.8 Å². The summed E-state index contributed by atoms with van der Waals surface area (Å²) >= 11 is 2.61. The molecule has 0 aliphatic heterocycles. The second-order valence-corrected chi connectivity index (χ2v) is 6.82. The van der Waals surface area contributed by atoms with Crippen molar-refractivity contribution in [1.29, 1.82) is 0 Å². The zero-order chi connectivity index (χ0) is 17.5. The third-order valence-electron chi connectivity index (χ3n) is 3.25. The summed E-state index contributed by atoms with van der Waals surface area (Å²) in [7, 11) is 0. The van der Waals surface area contributed by atoms with Crippen molar-refractivity contribution in [3.05, 3.63) is 59.9 Å². The highest BCUT2D eigenvalue weighted by Crippen LogP contribution is 2.19. The Morgan fingerprint density at radius 3 is 2.84 bits per heavy atom. The van der Waals surface area contributed by atoms with Crippen molar-refractivity contribution in [2.75, 3.05) is 11.1 Å². The summed E-state index contributed by atoms with van der Waals surface area (Å²) in [6, 6.07) is 10.1. The molecule has 0 atom stereocenters. The first-order valence-electron chi connectivity index (χ1n) is 7.52. The van der Waals surface area contributed by atoms with Crippen LogP contribution < -0.4 is 5.32 Å². The van der Waals surface area contributed by atoms with Crippen LogP contribution in [0, 0.1) is 0 Å². The van der Waals surface area contributed by atoms with Crippen molar-refractivity contribution in [2.45, 2.75) is 18.1 Å². The van der Waals surface area contributed by atoms with E-state index in [-0.39, 0.29) is 11.7 Å². The highest BCUT2D eigenvalue weighted by atomic mass is 32.2. The number of allylic oxidation sites excluding steroid dienone is 1. The molecule has 128 valence electrons. The molecule has 0 saturated carbocycles. The van der Waals surface area contributed by atoms with Gasteiger partial charge in [-0.25, -0.2) is 0 Å². The number of carbonyl (C=O) groups excluding carboxylic acids is 1. The Hall–Kier alpha value is -2.52. The minimum absolute atomic E-state index is 0.153. The van der Waals surface area contributed by atoms with Crippen molar-refractivity contribution < 1.29 is 4.79 Å². The molecule has 25 heavy (non-hydrogen) atoms. The molecule has 0 fully saturated rings. The lowest BCUT2D eigenvalue weighted by molar-refractivity contribution is -0.113. The van der Waals surface area contributed by atoms with Crippen molar-refractivity contribution in [1.82, 2.24) is 25.0 Å². The van der Waals surface area contributed by atoms with Crippen LogP contribution >= 0.6 is 23.1 Å². The summed E-state index contributed by atoms with van der Waals surface area (Å²) in [6.07, 6.45) is 2.47. The van der Waals surface area contributed by atoms with Crippen LogP contribution in [0.3, 0.4) is 0 Å². The van der Waals surface area contributed by atoms with Gasteiger partial charge in [0.15, 0.2) is 5.16 Å². The standard InChI is InChI=1S/C16H16N6OS2/c1-2-8-22-13(9-12-6-4-3-5-7-12)19-21-16(22)24-10-14(23)18-15-20-17-11-25-15/h2-7,11H,1,8-10H2,(H,18,20,23). The molecule has 3 rings (SSSR count). The number of rotatable bonds is 8. The van der Waals surface area contributed by atoms with Gasteiger partial charge in [0.2, 0.25) is 11.0 Å². The van der Waals surface area contributed by atoms with Gasteiger partial charge in [0.1, 0.15) is 11.3 Å². The number of nitrogens with zero attached hydrogens (tertiary/aromatic N) is 5. The molecule has 1 N–H and O–H groups in total. The molecular weight excluding hydrogens is 356 g/mol. The van der Waals surface area contributed by atoms with E-state index < -0.39 is 0 Å². The van der Waals surface area contributed by atoms with Crippen molar-refractivity contribution in [3.8, 4) is 0 Å². The monoisotopic (exact) mass is 372 g/mol. The van der Waals surface area contributed by atoms with E-state index in [0.717, 1.165) is 11.4 Å². The van der Waals surface area contributed by atoms with Crippen LogP contribution in [0.15, 0.2) is 53.7 Å². The Morgan fingerprint density at radius 2 is 2.12 bits per heavy atom. The smallest absolute Gasteiger partial charge is 0.236 e. The van der Waals surface area contributed by atoms with Crippen LogP contribution in [0.25, 0.3) is 0 Å². The first kappa shape index (κ1) is 17.3. The molecule has 0 unspecified atom stereocenters. The molecule has 7 nitrogen and oxygen atoms in total. The number of thioether (sulfide) groups is 1. The Morgan fingerprint density at radius 1 is 1.28 bits per heavy atom. The van der Waals surface area contributed by atoms with Gasteiger partial charge in [-0.15, -0.1) is 27.0 Å². The average molecular weight is 372 g/mol. The molecule has 0 radical (unpaired) electrons. The Labute approximate surface area is 153 Å². The maximum Gasteiger partial charge on any atom is 0.236 e. The number of aromatic nitrogens is 5. The van der Waals surface area contributed by atoms with Crippen LogP contribution in [0.5, 0.6) is 0 Å². The number of nitrogens with one attached hydrogen (secondary N) is 1. The van der Waals surface area contributed by atoms with E-state index in [4.69, 9.17) is 0 Å². The highest BCUT2D eigenvalue weighted by Gasteiger charge is 2.14. The fourth-order valence-corrected chi connectivity index (χ4v) is 3.39. The number of anilines is 1. The van der Waals surface area contributed by atoms with Crippen LogP contribution in [0.4, 0.5) is 5.13 Å². The fraction of sp³-hybridized carbons (Fsp3) is 0.188. The first-order chi connectivity index (χ1) is 12.3. The van der Waals surface area contributed by atoms with Crippen LogP contribution in [0.1, 0.15) is 11.4 Å². The molecule has 0 spiro atoms. The number of benzene rings is 1. The molecule has 0 bridgehead atoms. The zero-order valence-corrected chi connectivity index (χ0v) is 15.0. The van der Waals surface area contributed by atoms with E-state index in [1.807, 2.05) is 22.8 Å². The molecule has 2 heterocycles. The Kier molecular flexibility index (Phi) is 5.91. The summed E-state index contributed by atoms with van der Waals surface area (Å²) in [4.78, 5) is 12.0. The molecule has 1 aromatic carbocycles. The van der Waals surface area contributed by atoms with Crippen molar-refractivity contribution in [2.24, 2.45) is 0 Å². The van der Waals surface area contributed by atoms with Gasteiger partial charge >= 0.3 is 0 Å². The summed E-state index contributed by atoms with van der Waals surface area (Å²) in [5.74, 6) is 0.915. The van der Waals surface area contributed by atoms with Gasteiger partial charge in [0.05, 0.1) is 5.75 Å². The lowest BCUT2D eigenvalue weighted by atomic mass is 10.1. The van der Waals surface area contributed by atoms with Gasteiger partial charge in [-0.3, -0.25) is 10.1 Å².